The Bertz CT molecular complexity index is 514. The predicted octanol–water partition coefficient (Wildman–Crippen LogP) is 1.69. The van der Waals surface area contributed by atoms with E-state index in [1.54, 1.807) is 0 Å². The molecule has 2 atom stereocenters. The molecule has 1 heterocycles. The van der Waals surface area contributed by atoms with Gasteiger partial charge in [0.05, 0.1) is 19.6 Å². The summed E-state index contributed by atoms with van der Waals surface area (Å²) >= 11 is 3.39. The van der Waals surface area contributed by atoms with Crippen molar-refractivity contribution in [2.75, 3.05) is 20.3 Å². The van der Waals surface area contributed by atoms with Crippen molar-refractivity contribution in [3.8, 4) is 0 Å². The molecule has 2 rings (SSSR count). The highest BCUT2D eigenvalue weighted by molar-refractivity contribution is 9.10. The van der Waals surface area contributed by atoms with Crippen molar-refractivity contribution in [1.82, 2.24) is 5.32 Å². The van der Waals surface area contributed by atoms with Gasteiger partial charge in [0.2, 0.25) is 5.91 Å². The minimum atomic E-state index is -0.683. The van der Waals surface area contributed by atoms with E-state index in [1.165, 1.54) is 7.11 Å². The third kappa shape index (κ3) is 4.54. The Labute approximate surface area is 132 Å². The van der Waals surface area contributed by atoms with E-state index in [1.807, 2.05) is 24.3 Å². The maximum Gasteiger partial charge on any atom is 0.328 e. The Morgan fingerprint density at radius 1 is 1.52 bits per heavy atom. The summed E-state index contributed by atoms with van der Waals surface area (Å²) in [4.78, 5) is 24.0. The Morgan fingerprint density at radius 2 is 2.33 bits per heavy atom. The average molecular weight is 356 g/mol. The number of ether oxygens (including phenoxy) is 2. The van der Waals surface area contributed by atoms with Crippen molar-refractivity contribution >= 4 is 27.8 Å². The van der Waals surface area contributed by atoms with Gasteiger partial charge < -0.3 is 14.8 Å². The molecule has 6 heteroatoms. The zero-order valence-electron chi connectivity index (χ0n) is 11.8. The lowest BCUT2D eigenvalue weighted by Crippen LogP contribution is -2.45. The number of esters is 1. The third-order valence-corrected chi connectivity index (χ3v) is 3.92. The molecule has 0 spiro atoms. The molecule has 0 aromatic heterocycles. The Balaban J connectivity index is 2.03. The normalized spacial score (nSPS) is 19.0. The Kier molecular flexibility index (Phi) is 5.76. The molecular formula is C15H18BrNO4. The van der Waals surface area contributed by atoms with Crippen LogP contribution in [0.15, 0.2) is 28.7 Å². The zero-order valence-corrected chi connectivity index (χ0v) is 13.4. The van der Waals surface area contributed by atoms with Crippen LogP contribution in [0.25, 0.3) is 0 Å². The van der Waals surface area contributed by atoms with Gasteiger partial charge in [-0.05, 0) is 24.1 Å². The van der Waals surface area contributed by atoms with Gasteiger partial charge in [0.25, 0.3) is 0 Å². The number of hydrogen-bond donors (Lipinski definition) is 1. The molecule has 1 aromatic rings. The van der Waals surface area contributed by atoms with Crippen molar-refractivity contribution in [2.24, 2.45) is 5.92 Å². The maximum atomic E-state index is 12.1. The number of carbonyl (C=O) groups excluding carboxylic acids is 2. The number of carbonyl (C=O) groups is 2. The molecule has 1 N–H and O–H groups in total. The first-order chi connectivity index (χ1) is 10.1. The molecule has 21 heavy (non-hydrogen) atoms. The molecule has 1 aliphatic rings. The van der Waals surface area contributed by atoms with Crippen LogP contribution < -0.4 is 5.32 Å². The van der Waals surface area contributed by atoms with Crippen LogP contribution in [-0.2, 0) is 25.5 Å². The molecule has 0 aliphatic carbocycles. The van der Waals surface area contributed by atoms with E-state index in [2.05, 4.69) is 21.2 Å². The van der Waals surface area contributed by atoms with Gasteiger partial charge in [0, 0.05) is 17.5 Å². The highest BCUT2D eigenvalue weighted by Crippen LogP contribution is 2.15. The molecule has 1 saturated heterocycles. The Morgan fingerprint density at radius 3 is 2.95 bits per heavy atom. The molecule has 1 amide bonds. The van der Waals surface area contributed by atoms with Gasteiger partial charge >= 0.3 is 5.97 Å². The van der Waals surface area contributed by atoms with E-state index in [4.69, 9.17) is 9.47 Å². The van der Waals surface area contributed by atoms with E-state index in [-0.39, 0.29) is 11.8 Å². The highest BCUT2D eigenvalue weighted by atomic mass is 79.9. The van der Waals surface area contributed by atoms with Crippen molar-refractivity contribution in [1.29, 1.82) is 0 Å². The number of rotatable bonds is 5. The van der Waals surface area contributed by atoms with Crippen molar-refractivity contribution in [3.63, 3.8) is 0 Å². The van der Waals surface area contributed by atoms with Crippen molar-refractivity contribution in [2.45, 2.75) is 18.9 Å². The van der Waals surface area contributed by atoms with Crippen molar-refractivity contribution in [3.05, 3.63) is 34.3 Å². The van der Waals surface area contributed by atoms with E-state index < -0.39 is 12.0 Å². The van der Waals surface area contributed by atoms with Gasteiger partial charge in [-0.3, -0.25) is 4.79 Å². The van der Waals surface area contributed by atoms with Crippen LogP contribution >= 0.6 is 15.9 Å². The zero-order chi connectivity index (χ0) is 15.2. The van der Waals surface area contributed by atoms with Gasteiger partial charge in [-0.15, -0.1) is 0 Å². The smallest absolute Gasteiger partial charge is 0.328 e. The van der Waals surface area contributed by atoms with Crippen LogP contribution in [-0.4, -0.2) is 38.2 Å². The lowest BCUT2D eigenvalue weighted by molar-refractivity contribution is -0.145. The van der Waals surface area contributed by atoms with Gasteiger partial charge in [0.1, 0.15) is 6.04 Å². The lowest BCUT2D eigenvalue weighted by atomic mass is 10.0. The molecule has 5 nitrogen and oxygen atoms in total. The summed E-state index contributed by atoms with van der Waals surface area (Å²) in [6.45, 7) is 1.00. The number of hydrogen-bond acceptors (Lipinski definition) is 4. The molecular weight excluding hydrogens is 338 g/mol. The van der Waals surface area contributed by atoms with E-state index >= 15 is 0 Å². The summed E-state index contributed by atoms with van der Waals surface area (Å²) in [5.74, 6) is -0.778. The predicted molar refractivity (Wildman–Crippen MR) is 80.7 cm³/mol. The number of nitrogens with one attached hydrogen (secondary N) is 1. The molecule has 0 bridgehead atoms. The second-order valence-corrected chi connectivity index (χ2v) is 5.89. The second-order valence-electron chi connectivity index (χ2n) is 4.98. The van der Waals surface area contributed by atoms with Crippen LogP contribution in [0.3, 0.4) is 0 Å². The summed E-state index contributed by atoms with van der Waals surface area (Å²) in [7, 11) is 1.32. The van der Waals surface area contributed by atoms with E-state index in [0.717, 1.165) is 10.0 Å². The molecule has 114 valence electrons. The van der Waals surface area contributed by atoms with Gasteiger partial charge in [0.15, 0.2) is 0 Å². The van der Waals surface area contributed by atoms with E-state index in [0.29, 0.717) is 26.1 Å². The first-order valence-corrected chi connectivity index (χ1v) is 7.60. The monoisotopic (exact) mass is 355 g/mol. The molecule has 1 aromatic carbocycles. The van der Waals surface area contributed by atoms with Crippen LogP contribution in [0.5, 0.6) is 0 Å². The van der Waals surface area contributed by atoms with Gasteiger partial charge in [-0.2, -0.15) is 0 Å². The maximum absolute atomic E-state index is 12.1. The second kappa shape index (κ2) is 7.56. The number of amides is 1. The molecule has 0 saturated carbocycles. The molecule has 0 radical (unpaired) electrons. The van der Waals surface area contributed by atoms with Gasteiger partial charge in [-0.1, -0.05) is 28.1 Å². The third-order valence-electron chi connectivity index (χ3n) is 3.43. The SMILES string of the molecule is COC(=O)[C@@H](Cc1cccc(Br)c1)NC(=O)[C@H]1CCOC1. The summed E-state index contributed by atoms with van der Waals surface area (Å²) < 4.78 is 10.9. The topological polar surface area (TPSA) is 64.6 Å². The van der Waals surface area contributed by atoms with Crippen LogP contribution in [0, 0.1) is 5.92 Å². The summed E-state index contributed by atoms with van der Waals surface area (Å²) in [5.41, 5.74) is 0.947. The number of benzene rings is 1. The van der Waals surface area contributed by atoms with E-state index in [9.17, 15) is 9.59 Å². The fraction of sp³-hybridized carbons (Fsp3) is 0.467. The average Bonchev–Trinajstić information content (AvgIpc) is 3.00. The van der Waals surface area contributed by atoms with Crippen LogP contribution in [0.4, 0.5) is 0 Å². The quantitative estimate of drug-likeness (QED) is 0.816. The van der Waals surface area contributed by atoms with Gasteiger partial charge in [-0.25, -0.2) is 4.79 Å². The first-order valence-electron chi connectivity index (χ1n) is 6.80. The van der Waals surface area contributed by atoms with Crippen LogP contribution in [0.2, 0.25) is 0 Å². The summed E-state index contributed by atoms with van der Waals surface area (Å²) in [6, 6.07) is 6.94. The minimum Gasteiger partial charge on any atom is -0.467 e. The summed E-state index contributed by atoms with van der Waals surface area (Å²) in [6.07, 6.45) is 1.09. The first kappa shape index (κ1) is 16.0. The minimum absolute atomic E-state index is 0.155. The Hall–Kier alpha value is -1.40. The largest absolute Gasteiger partial charge is 0.467 e. The molecule has 1 aliphatic heterocycles. The molecule has 0 unspecified atom stereocenters. The fourth-order valence-electron chi connectivity index (χ4n) is 2.27. The van der Waals surface area contributed by atoms with Crippen LogP contribution in [0.1, 0.15) is 12.0 Å². The lowest BCUT2D eigenvalue weighted by Gasteiger charge is -2.18. The number of methoxy groups -OCH3 is 1. The standard InChI is InChI=1S/C15H18BrNO4/c1-20-15(19)13(8-10-3-2-4-12(16)7-10)17-14(18)11-5-6-21-9-11/h2-4,7,11,13H,5-6,8-9H2,1H3,(H,17,18)/t11-,13+/m0/s1. The molecule has 1 fully saturated rings. The van der Waals surface area contributed by atoms with Crippen molar-refractivity contribution < 1.29 is 19.1 Å². The number of halogens is 1. The summed E-state index contributed by atoms with van der Waals surface area (Å²) in [5, 5.41) is 2.77. The highest BCUT2D eigenvalue weighted by Gasteiger charge is 2.28. The fourth-order valence-corrected chi connectivity index (χ4v) is 2.71.